The van der Waals surface area contributed by atoms with Gasteiger partial charge in [0.2, 0.25) is 0 Å². The molecule has 1 aromatic heterocycles. The number of carbonyl (C=O) groups is 2. The van der Waals surface area contributed by atoms with Gasteiger partial charge in [0.25, 0.3) is 0 Å². The number of urea groups is 1. The first-order valence-corrected chi connectivity index (χ1v) is 5.80. The zero-order valence-corrected chi connectivity index (χ0v) is 10.1. The van der Waals surface area contributed by atoms with Gasteiger partial charge in [-0.2, -0.15) is 10.2 Å². The number of β-amino-alcohol motifs (C(OH)–C–C–N with tert-alkyl or cyclic N) is 1. The SMILES string of the molecule is O=C(O)[C@@H]1C[C@H](O)CN1C(=O)NCc1cccnn1. The Balaban J connectivity index is 1.94. The maximum absolute atomic E-state index is 11.9. The van der Waals surface area contributed by atoms with E-state index in [4.69, 9.17) is 5.11 Å². The number of amides is 2. The van der Waals surface area contributed by atoms with Gasteiger partial charge in [0.05, 0.1) is 18.3 Å². The summed E-state index contributed by atoms with van der Waals surface area (Å²) in [5.74, 6) is -1.12. The molecule has 2 amide bonds. The van der Waals surface area contributed by atoms with E-state index in [-0.39, 0.29) is 19.5 Å². The molecule has 2 heterocycles. The normalized spacial score (nSPS) is 22.3. The van der Waals surface area contributed by atoms with Crippen LogP contribution in [0.2, 0.25) is 0 Å². The Labute approximate surface area is 109 Å². The summed E-state index contributed by atoms with van der Waals surface area (Å²) in [6.45, 7) is 0.175. The second-order valence-electron chi connectivity index (χ2n) is 4.27. The number of nitrogens with one attached hydrogen (secondary N) is 1. The Morgan fingerprint density at radius 1 is 1.53 bits per heavy atom. The lowest BCUT2D eigenvalue weighted by atomic mass is 10.2. The predicted molar refractivity (Wildman–Crippen MR) is 63.0 cm³/mol. The molecule has 19 heavy (non-hydrogen) atoms. The Morgan fingerprint density at radius 2 is 2.32 bits per heavy atom. The number of likely N-dealkylation sites (tertiary alicyclic amines) is 1. The predicted octanol–water partition coefficient (Wildman–Crippen LogP) is -0.794. The molecule has 1 saturated heterocycles. The molecule has 0 saturated carbocycles. The third-order valence-corrected chi connectivity index (χ3v) is 2.87. The molecular formula is C11H14N4O4. The minimum absolute atomic E-state index is 0.0171. The summed E-state index contributed by atoms with van der Waals surface area (Å²) < 4.78 is 0. The lowest BCUT2D eigenvalue weighted by Crippen LogP contribution is -2.46. The summed E-state index contributed by atoms with van der Waals surface area (Å²) in [6, 6.07) is 1.86. The number of hydrogen-bond donors (Lipinski definition) is 3. The van der Waals surface area contributed by atoms with Crippen molar-refractivity contribution in [1.82, 2.24) is 20.4 Å². The van der Waals surface area contributed by atoms with Gasteiger partial charge < -0.3 is 20.4 Å². The number of aliphatic carboxylic acids is 1. The summed E-state index contributed by atoms with van der Waals surface area (Å²) in [5, 5.41) is 28.4. The summed E-state index contributed by atoms with van der Waals surface area (Å²) in [7, 11) is 0. The molecule has 2 rings (SSSR count). The third kappa shape index (κ3) is 3.16. The van der Waals surface area contributed by atoms with Crippen molar-refractivity contribution in [1.29, 1.82) is 0 Å². The van der Waals surface area contributed by atoms with Crippen molar-refractivity contribution in [3.63, 3.8) is 0 Å². The number of aromatic nitrogens is 2. The minimum Gasteiger partial charge on any atom is -0.480 e. The zero-order valence-electron chi connectivity index (χ0n) is 10.1. The van der Waals surface area contributed by atoms with Crippen LogP contribution in [0.3, 0.4) is 0 Å². The maximum Gasteiger partial charge on any atom is 0.326 e. The van der Waals surface area contributed by atoms with Gasteiger partial charge in [-0.3, -0.25) is 0 Å². The maximum atomic E-state index is 11.9. The standard InChI is InChI=1S/C11H14N4O4/c16-8-4-9(10(17)18)15(6-8)11(19)12-5-7-2-1-3-13-14-7/h1-3,8-9,16H,4-6H2,(H,12,19)(H,17,18)/t8-,9-/m0/s1. The van der Waals surface area contributed by atoms with E-state index < -0.39 is 24.1 Å². The van der Waals surface area contributed by atoms with E-state index in [1.807, 2.05) is 0 Å². The number of carboxylic acids is 1. The lowest BCUT2D eigenvalue weighted by molar-refractivity contribution is -0.141. The second-order valence-corrected chi connectivity index (χ2v) is 4.27. The molecule has 1 aliphatic heterocycles. The van der Waals surface area contributed by atoms with Crippen LogP contribution in [0.4, 0.5) is 4.79 Å². The molecule has 8 heteroatoms. The fraction of sp³-hybridized carbons (Fsp3) is 0.455. The Bertz CT molecular complexity index is 467. The van der Waals surface area contributed by atoms with Gasteiger partial charge in [0.15, 0.2) is 0 Å². The summed E-state index contributed by atoms with van der Waals surface area (Å²) in [6.07, 6.45) is 0.764. The molecule has 0 bridgehead atoms. The number of aliphatic hydroxyl groups is 1. The first-order chi connectivity index (χ1) is 9.08. The summed E-state index contributed by atoms with van der Waals surface area (Å²) >= 11 is 0. The highest BCUT2D eigenvalue weighted by atomic mass is 16.4. The summed E-state index contributed by atoms with van der Waals surface area (Å²) in [4.78, 5) is 24.0. The molecule has 1 aliphatic rings. The van der Waals surface area contributed by atoms with Crippen molar-refractivity contribution in [3.05, 3.63) is 24.0 Å². The van der Waals surface area contributed by atoms with Crippen molar-refractivity contribution in [3.8, 4) is 0 Å². The Kier molecular flexibility index (Phi) is 3.91. The number of aliphatic hydroxyl groups excluding tert-OH is 1. The molecular weight excluding hydrogens is 252 g/mol. The smallest absolute Gasteiger partial charge is 0.326 e. The van der Waals surface area contributed by atoms with Gasteiger partial charge in [-0.05, 0) is 12.1 Å². The van der Waals surface area contributed by atoms with Crippen LogP contribution >= 0.6 is 0 Å². The highest BCUT2D eigenvalue weighted by Crippen LogP contribution is 2.18. The number of carboxylic acid groups (broad SMARTS) is 1. The number of rotatable bonds is 3. The van der Waals surface area contributed by atoms with Gasteiger partial charge in [-0.1, -0.05) is 0 Å². The first-order valence-electron chi connectivity index (χ1n) is 5.80. The van der Waals surface area contributed by atoms with Crippen LogP contribution in [0.15, 0.2) is 18.3 Å². The molecule has 8 nitrogen and oxygen atoms in total. The van der Waals surface area contributed by atoms with Gasteiger partial charge >= 0.3 is 12.0 Å². The van der Waals surface area contributed by atoms with Crippen LogP contribution < -0.4 is 5.32 Å². The zero-order chi connectivity index (χ0) is 13.8. The molecule has 0 unspecified atom stereocenters. The molecule has 2 atom stereocenters. The van der Waals surface area contributed by atoms with Crippen LogP contribution in [0.25, 0.3) is 0 Å². The van der Waals surface area contributed by atoms with Crippen LogP contribution in [0, 0.1) is 0 Å². The number of carbonyl (C=O) groups excluding carboxylic acids is 1. The molecule has 0 aromatic carbocycles. The second kappa shape index (κ2) is 5.61. The van der Waals surface area contributed by atoms with Crippen LogP contribution in [-0.4, -0.2) is 56.0 Å². The lowest BCUT2D eigenvalue weighted by Gasteiger charge is -2.21. The van der Waals surface area contributed by atoms with E-state index in [0.29, 0.717) is 5.69 Å². The molecule has 3 N–H and O–H groups in total. The number of hydrogen-bond acceptors (Lipinski definition) is 5. The molecule has 1 fully saturated rings. The molecule has 0 aliphatic carbocycles. The van der Waals surface area contributed by atoms with E-state index in [0.717, 1.165) is 4.90 Å². The first kappa shape index (κ1) is 13.2. The van der Waals surface area contributed by atoms with Gasteiger partial charge in [0.1, 0.15) is 6.04 Å². The van der Waals surface area contributed by atoms with Gasteiger partial charge in [-0.15, -0.1) is 0 Å². The fourth-order valence-electron chi connectivity index (χ4n) is 1.97. The van der Waals surface area contributed by atoms with Crippen molar-refractivity contribution in [2.24, 2.45) is 0 Å². The Morgan fingerprint density at radius 3 is 2.95 bits per heavy atom. The number of nitrogens with zero attached hydrogens (tertiary/aromatic N) is 3. The Hall–Kier alpha value is -2.22. The van der Waals surface area contributed by atoms with Crippen LogP contribution in [0.5, 0.6) is 0 Å². The quantitative estimate of drug-likeness (QED) is 0.660. The van der Waals surface area contributed by atoms with Crippen molar-refractivity contribution in [2.45, 2.75) is 25.1 Å². The summed E-state index contributed by atoms with van der Waals surface area (Å²) in [5.41, 5.74) is 0.572. The van der Waals surface area contributed by atoms with Crippen molar-refractivity contribution < 1.29 is 19.8 Å². The molecule has 1 aromatic rings. The van der Waals surface area contributed by atoms with Gasteiger partial charge in [0, 0.05) is 19.2 Å². The average Bonchev–Trinajstić information content (AvgIpc) is 2.79. The average molecular weight is 266 g/mol. The van der Waals surface area contributed by atoms with Crippen LogP contribution in [-0.2, 0) is 11.3 Å². The third-order valence-electron chi connectivity index (χ3n) is 2.87. The minimum atomic E-state index is -1.12. The van der Waals surface area contributed by atoms with E-state index in [9.17, 15) is 14.7 Å². The highest BCUT2D eigenvalue weighted by Gasteiger charge is 2.38. The molecule has 0 spiro atoms. The van der Waals surface area contributed by atoms with E-state index in [1.165, 1.54) is 6.20 Å². The highest BCUT2D eigenvalue weighted by molar-refractivity contribution is 5.83. The monoisotopic (exact) mass is 266 g/mol. The van der Waals surface area contributed by atoms with Gasteiger partial charge in [-0.25, -0.2) is 9.59 Å². The topological polar surface area (TPSA) is 116 Å². The van der Waals surface area contributed by atoms with Crippen molar-refractivity contribution in [2.75, 3.05) is 6.54 Å². The van der Waals surface area contributed by atoms with E-state index in [1.54, 1.807) is 12.1 Å². The fourth-order valence-corrected chi connectivity index (χ4v) is 1.97. The van der Waals surface area contributed by atoms with Crippen LogP contribution in [0.1, 0.15) is 12.1 Å². The largest absolute Gasteiger partial charge is 0.480 e. The van der Waals surface area contributed by atoms with E-state index >= 15 is 0 Å². The molecule has 102 valence electrons. The van der Waals surface area contributed by atoms with Crippen molar-refractivity contribution >= 4 is 12.0 Å². The van der Waals surface area contributed by atoms with E-state index in [2.05, 4.69) is 15.5 Å². The molecule has 0 radical (unpaired) electrons.